The predicted molar refractivity (Wildman–Crippen MR) is 66.4 cm³/mol. The van der Waals surface area contributed by atoms with Crippen LogP contribution in [0.4, 0.5) is 13.2 Å². The van der Waals surface area contributed by atoms with Gasteiger partial charge in [0.25, 0.3) is 0 Å². The largest absolute Gasteiger partial charge is 0.433 e. The molecule has 3 nitrogen and oxygen atoms in total. The minimum absolute atomic E-state index is 0.0176. The van der Waals surface area contributed by atoms with Gasteiger partial charge in [0.15, 0.2) is 0 Å². The van der Waals surface area contributed by atoms with Crippen molar-refractivity contribution in [2.75, 3.05) is 0 Å². The van der Waals surface area contributed by atoms with Crippen molar-refractivity contribution in [2.45, 2.75) is 19.3 Å². The van der Waals surface area contributed by atoms with Gasteiger partial charge in [0, 0.05) is 10.0 Å². The van der Waals surface area contributed by atoms with E-state index in [0.717, 1.165) is 10.9 Å². The second kappa shape index (κ2) is 5.34. The van der Waals surface area contributed by atoms with Crippen molar-refractivity contribution in [3.8, 4) is 0 Å². The number of benzene rings is 1. The van der Waals surface area contributed by atoms with Gasteiger partial charge in [0.1, 0.15) is 5.69 Å². The normalized spacial score (nSPS) is 11.8. The molecule has 0 aliphatic rings. The zero-order valence-electron chi connectivity index (χ0n) is 9.65. The molecular formula is C12H10BrF3N2O. The molecule has 0 unspecified atom stereocenters. The first-order chi connectivity index (χ1) is 8.93. The van der Waals surface area contributed by atoms with Crippen molar-refractivity contribution in [1.82, 2.24) is 9.78 Å². The molecule has 0 saturated carbocycles. The van der Waals surface area contributed by atoms with Gasteiger partial charge in [-0.25, -0.2) is 0 Å². The molecule has 0 bridgehead atoms. The number of aromatic nitrogens is 2. The summed E-state index contributed by atoms with van der Waals surface area (Å²) in [6, 6.07) is 6.98. The van der Waals surface area contributed by atoms with Crippen LogP contribution in [0.3, 0.4) is 0 Å². The van der Waals surface area contributed by atoms with Crippen LogP contribution in [0.5, 0.6) is 0 Å². The first-order valence-electron chi connectivity index (χ1n) is 5.39. The summed E-state index contributed by atoms with van der Waals surface area (Å²) in [5.41, 5.74) is -0.453. The number of hydrogen-bond acceptors (Lipinski definition) is 2. The Kier molecular flexibility index (Phi) is 3.96. The molecule has 0 saturated heterocycles. The van der Waals surface area contributed by atoms with E-state index in [1.54, 1.807) is 24.3 Å². The van der Waals surface area contributed by atoms with E-state index >= 15 is 0 Å². The van der Waals surface area contributed by atoms with E-state index in [1.165, 1.54) is 0 Å². The average molecular weight is 335 g/mol. The minimum Gasteiger partial charge on any atom is -0.392 e. The molecule has 0 radical (unpaired) electrons. The smallest absolute Gasteiger partial charge is 0.392 e. The van der Waals surface area contributed by atoms with Crippen LogP contribution in [-0.4, -0.2) is 14.9 Å². The third kappa shape index (κ3) is 2.98. The Morgan fingerprint density at radius 2 is 1.89 bits per heavy atom. The summed E-state index contributed by atoms with van der Waals surface area (Å²) in [6.07, 6.45) is -3.50. The van der Waals surface area contributed by atoms with Crippen LogP contribution in [0, 0.1) is 0 Å². The van der Waals surface area contributed by atoms with Crippen LogP contribution in [0.25, 0.3) is 0 Å². The topological polar surface area (TPSA) is 38.1 Å². The van der Waals surface area contributed by atoms with Crippen molar-refractivity contribution in [2.24, 2.45) is 0 Å². The zero-order valence-corrected chi connectivity index (χ0v) is 11.2. The summed E-state index contributed by atoms with van der Waals surface area (Å²) < 4.78 is 40.4. The van der Waals surface area contributed by atoms with Crippen molar-refractivity contribution >= 4 is 15.9 Å². The monoisotopic (exact) mass is 334 g/mol. The first-order valence-corrected chi connectivity index (χ1v) is 6.19. The molecule has 0 aliphatic carbocycles. The number of rotatable bonds is 3. The molecule has 7 heteroatoms. The van der Waals surface area contributed by atoms with Crippen molar-refractivity contribution in [3.63, 3.8) is 0 Å². The summed E-state index contributed by atoms with van der Waals surface area (Å²) in [5, 5.41) is 12.7. The Morgan fingerprint density at radius 3 is 2.47 bits per heavy atom. The molecule has 1 N–H and O–H groups in total. The van der Waals surface area contributed by atoms with Gasteiger partial charge in [-0.3, -0.25) is 4.68 Å². The predicted octanol–water partition coefficient (Wildman–Crippen LogP) is 3.21. The van der Waals surface area contributed by atoms with Gasteiger partial charge in [-0.2, -0.15) is 18.3 Å². The van der Waals surface area contributed by atoms with Crippen LogP contribution >= 0.6 is 15.9 Å². The molecule has 0 amide bonds. The summed E-state index contributed by atoms with van der Waals surface area (Å²) in [4.78, 5) is 0. The fourth-order valence-electron chi connectivity index (χ4n) is 1.78. The third-order valence-corrected chi connectivity index (χ3v) is 3.41. The first kappa shape index (κ1) is 14.1. The Hall–Kier alpha value is -1.34. The van der Waals surface area contributed by atoms with Crippen LogP contribution in [0.15, 0.2) is 34.9 Å². The lowest BCUT2D eigenvalue weighted by Crippen LogP contribution is -2.17. The number of alkyl halides is 3. The fourth-order valence-corrected chi connectivity index (χ4v) is 2.19. The molecule has 1 aromatic heterocycles. The Morgan fingerprint density at radius 1 is 1.21 bits per heavy atom. The van der Waals surface area contributed by atoms with Crippen molar-refractivity contribution in [1.29, 1.82) is 0 Å². The van der Waals surface area contributed by atoms with Crippen LogP contribution in [-0.2, 0) is 19.3 Å². The van der Waals surface area contributed by atoms with Crippen molar-refractivity contribution < 1.29 is 18.3 Å². The molecule has 0 aliphatic heterocycles. The molecule has 0 atom stereocenters. The van der Waals surface area contributed by atoms with E-state index in [4.69, 9.17) is 5.11 Å². The van der Waals surface area contributed by atoms with Gasteiger partial charge in [0.2, 0.25) is 0 Å². The molecule has 19 heavy (non-hydrogen) atoms. The third-order valence-electron chi connectivity index (χ3n) is 2.63. The van der Waals surface area contributed by atoms with Gasteiger partial charge in [-0.15, -0.1) is 0 Å². The maximum atomic E-state index is 12.9. The molecule has 2 aromatic rings. The van der Waals surface area contributed by atoms with E-state index in [-0.39, 0.29) is 12.1 Å². The van der Waals surface area contributed by atoms with Gasteiger partial charge < -0.3 is 5.11 Å². The Bertz CT molecular complexity index is 581. The highest BCUT2D eigenvalue weighted by Gasteiger charge is 2.37. The molecule has 0 spiro atoms. The molecule has 1 heterocycles. The summed E-state index contributed by atoms with van der Waals surface area (Å²) in [7, 11) is 0. The average Bonchev–Trinajstić information content (AvgIpc) is 2.75. The lowest BCUT2D eigenvalue weighted by Gasteiger charge is -2.12. The number of halogens is 4. The molecule has 2 rings (SSSR count). The van der Waals surface area contributed by atoms with Gasteiger partial charge >= 0.3 is 6.18 Å². The quantitative estimate of drug-likeness (QED) is 0.935. The van der Waals surface area contributed by atoms with E-state index in [1.807, 2.05) is 0 Å². The van der Waals surface area contributed by atoms with Crippen LogP contribution in [0.2, 0.25) is 0 Å². The SMILES string of the molecule is OCc1cnn(Cc2ccccc2Br)c1C(F)(F)F. The maximum Gasteiger partial charge on any atom is 0.433 e. The second-order valence-corrected chi connectivity index (χ2v) is 4.78. The molecule has 0 fully saturated rings. The minimum atomic E-state index is -4.55. The van der Waals surface area contributed by atoms with Gasteiger partial charge in [-0.05, 0) is 11.6 Å². The summed E-state index contributed by atoms with van der Waals surface area (Å²) in [5.74, 6) is 0. The standard InChI is InChI=1S/C12H10BrF3N2O/c13-10-4-2-1-3-8(10)6-18-11(12(14,15)16)9(7-19)5-17-18/h1-5,19H,6-7H2. The van der Waals surface area contributed by atoms with E-state index in [2.05, 4.69) is 21.0 Å². The highest BCUT2D eigenvalue weighted by molar-refractivity contribution is 9.10. The zero-order chi connectivity index (χ0) is 14.0. The van der Waals surface area contributed by atoms with E-state index < -0.39 is 18.5 Å². The van der Waals surface area contributed by atoms with E-state index in [0.29, 0.717) is 10.0 Å². The molecule has 1 aromatic carbocycles. The van der Waals surface area contributed by atoms with Gasteiger partial charge in [-0.1, -0.05) is 34.1 Å². The Balaban J connectivity index is 2.42. The highest BCUT2D eigenvalue weighted by Crippen LogP contribution is 2.32. The number of nitrogens with zero attached hydrogens (tertiary/aromatic N) is 2. The lowest BCUT2D eigenvalue weighted by atomic mass is 10.2. The molecule has 102 valence electrons. The van der Waals surface area contributed by atoms with Crippen molar-refractivity contribution in [3.05, 3.63) is 51.8 Å². The fraction of sp³-hybridized carbons (Fsp3) is 0.250. The highest BCUT2D eigenvalue weighted by atomic mass is 79.9. The van der Waals surface area contributed by atoms with Gasteiger partial charge in [0.05, 0.1) is 19.3 Å². The second-order valence-electron chi connectivity index (χ2n) is 3.92. The van der Waals surface area contributed by atoms with Crippen LogP contribution in [0.1, 0.15) is 16.8 Å². The van der Waals surface area contributed by atoms with E-state index in [9.17, 15) is 13.2 Å². The number of hydrogen-bond donors (Lipinski definition) is 1. The maximum absolute atomic E-state index is 12.9. The van der Waals surface area contributed by atoms with Crippen LogP contribution < -0.4 is 0 Å². The summed E-state index contributed by atoms with van der Waals surface area (Å²) >= 11 is 3.28. The number of aliphatic hydroxyl groups excluding tert-OH is 1. The molecular weight excluding hydrogens is 325 g/mol. The lowest BCUT2D eigenvalue weighted by molar-refractivity contribution is -0.145. The Labute approximate surface area is 115 Å². The summed E-state index contributed by atoms with van der Waals surface area (Å²) in [6.45, 7) is -0.707. The number of aliphatic hydroxyl groups is 1.